The third-order valence-electron chi connectivity index (χ3n) is 3.62. The topological polar surface area (TPSA) is 24.1 Å². The Morgan fingerprint density at radius 3 is 2.90 bits per heavy atom. The van der Waals surface area contributed by atoms with Crippen LogP contribution in [0.3, 0.4) is 0 Å². The first-order valence-electron chi connectivity index (χ1n) is 6.74. The van der Waals surface area contributed by atoms with Gasteiger partial charge in [0.25, 0.3) is 0 Å². The molecule has 0 aliphatic carbocycles. The fraction of sp³-hybridized carbons (Fsp3) is 0.250. The van der Waals surface area contributed by atoms with Crippen LogP contribution in [-0.4, -0.2) is 6.54 Å². The Morgan fingerprint density at radius 2 is 2.05 bits per heavy atom. The molecule has 0 spiro atoms. The normalized spacial score (nSPS) is 18.2. The maximum absolute atomic E-state index is 13.1. The van der Waals surface area contributed by atoms with Crippen molar-refractivity contribution in [1.29, 1.82) is 0 Å². The van der Waals surface area contributed by atoms with Crippen molar-refractivity contribution in [3.05, 3.63) is 64.4 Å². The van der Waals surface area contributed by atoms with Gasteiger partial charge in [-0.25, -0.2) is 4.39 Å². The molecule has 1 atom stereocenters. The van der Waals surface area contributed by atoms with Crippen molar-refractivity contribution in [3.63, 3.8) is 0 Å². The lowest BCUT2D eigenvalue weighted by molar-refractivity contribution is 0.626. The van der Waals surface area contributed by atoms with Crippen molar-refractivity contribution in [2.75, 3.05) is 11.9 Å². The Bertz CT molecular complexity index is 615. The summed E-state index contributed by atoms with van der Waals surface area (Å²) in [6.45, 7) is 1.82. The molecule has 0 bridgehead atoms. The molecule has 2 aromatic carbocycles. The average molecular weight is 291 g/mol. The number of rotatable bonds is 2. The van der Waals surface area contributed by atoms with Crippen LogP contribution in [0.4, 0.5) is 10.1 Å². The Morgan fingerprint density at radius 1 is 1.20 bits per heavy atom. The van der Waals surface area contributed by atoms with Gasteiger partial charge in [0.2, 0.25) is 0 Å². The molecule has 3 rings (SSSR count). The first-order chi connectivity index (χ1) is 9.74. The summed E-state index contributed by atoms with van der Waals surface area (Å²) in [7, 11) is 0. The maximum atomic E-state index is 13.1. The minimum atomic E-state index is -0.316. The van der Waals surface area contributed by atoms with Crippen LogP contribution in [0.15, 0.2) is 42.5 Å². The van der Waals surface area contributed by atoms with Crippen molar-refractivity contribution in [3.8, 4) is 0 Å². The minimum Gasteiger partial charge on any atom is -0.377 e. The predicted molar refractivity (Wildman–Crippen MR) is 80.5 cm³/mol. The van der Waals surface area contributed by atoms with Crippen molar-refractivity contribution in [2.45, 2.75) is 19.0 Å². The highest BCUT2D eigenvalue weighted by molar-refractivity contribution is 6.33. The van der Waals surface area contributed by atoms with Gasteiger partial charge in [-0.15, -0.1) is 0 Å². The number of hydrogen-bond acceptors (Lipinski definition) is 2. The van der Waals surface area contributed by atoms with Crippen LogP contribution in [0, 0.1) is 5.82 Å². The second-order valence-corrected chi connectivity index (χ2v) is 5.39. The summed E-state index contributed by atoms with van der Waals surface area (Å²) in [5, 5.41) is 7.26. The molecule has 104 valence electrons. The second kappa shape index (κ2) is 5.81. The molecule has 0 fully saturated rings. The Hall–Kier alpha value is -1.58. The summed E-state index contributed by atoms with van der Waals surface area (Å²) in [6.07, 6.45) is 0.963. The summed E-state index contributed by atoms with van der Waals surface area (Å²) in [5.74, 6) is -0.316. The fourth-order valence-electron chi connectivity index (χ4n) is 2.60. The van der Waals surface area contributed by atoms with E-state index >= 15 is 0 Å². The van der Waals surface area contributed by atoms with E-state index in [4.69, 9.17) is 11.6 Å². The van der Waals surface area contributed by atoms with Gasteiger partial charge in [0.05, 0.1) is 16.8 Å². The summed E-state index contributed by atoms with van der Waals surface area (Å²) in [5.41, 5.74) is 3.34. The van der Waals surface area contributed by atoms with E-state index in [0.717, 1.165) is 25.2 Å². The molecule has 2 N–H and O–H groups in total. The molecule has 1 heterocycles. The predicted octanol–water partition coefficient (Wildman–Crippen LogP) is 4.13. The quantitative estimate of drug-likeness (QED) is 0.869. The SMILES string of the molecule is Fc1ccc(NC2CCNCc3ccccc32)c(Cl)c1. The number of nitrogens with one attached hydrogen (secondary N) is 2. The van der Waals surface area contributed by atoms with Gasteiger partial charge in [0.15, 0.2) is 0 Å². The molecule has 1 aliphatic rings. The minimum absolute atomic E-state index is 0.184. The van der Waals surface area contributed by atoms with Crippen molar-refractivity contribution < 1.29 is 4.39 Å². The van der Waals surface area contributed by atoms with Gasteiger partial charge in [-0.2, -0.15) is 0 Å². The lowest BCUT2D eigenvalue weighted by Gasteiger charge is -2.21. The third-order valence-corrected chi connectivity index (χ3v) is 3.93. The van der Waals surface area contributed by atoms with Gasteiger partial charge in [-0.3, -0.25) is 0 Å². The van der Waals surface area contributed by atoms with Gasteiger partial charge < -0.3 is 10.6 Å². The molecule has 1 unspecified atom stereocenters. The third kappa shape index (κ3) is 2.79. The van der Waals surface area contributed by atoms with E-state index in [1.807, 2.05) is 12.1 Å². The van der Waals surface area contributed by atoms with Gasteiger partial charge in [0.1, 0.15) is 5.82 Å². The van der Waals surface area contributed by atoms with Crippen LogP contribution >= 0.6 is 11.6 Å². The van der Waals surface area contributed by atoms with Crippen LogP contribution < -0.4 is 10.6 Å². The molecule has 0 aromatic heterocycles. The monoisotopic (exact) mass is 290 g/mol. The van der Waals surface area contributed by atoms with Crippen molar-refractivity contribution >= 4 is 17.3 Å². The van der Waals surface area contributed by atoms with Crippen LogP contribution in [0.25, 0.3) is 0 Å². The summed E-state index contributed by atoms with van der Waals surface area (Å²) >= 11 is 6.10. The van der Waals surface area contributed by atoms with E-state index < -0.39 is 0 Å². The largest absolute Gasteiger partial charge is 0.377 e. The zero-order valence-corrected chi connectivity index (χ0v) is 11.8. The molecule has 1 aliphatic heterocycles. The number of hydrogen-bond donors (Lipinski definition) is 2. The number of fused-ring (bicyclic) bond motifs is 1. The van der Waals surface area contributed by atoms with E-state index in [0.29, 0.717) is 5.02 Å². The number of anilines is 1. The summed E-state index contributed by atoms with van der Waals surface area (Å²) in [4.78, 5) is 0. The number of benzene rings is 2. The smallest absolute Gasteiger partial charge is 0.124 e. The lowest BCUT2D eigenvalue weighted by Crippen LogP contribution is -2.15. The average Bonchev–Trinajstić information content (AvgIpc) is 2.65. The van der Waals surface area contributed by atoms with Crippen LogP contribution in [0.1, 0.15) is 23.6 Å². The van der Waals surface area contributed by atoms with Crippen LogP contribution in [0.5, 0.6) is 0 Å². The Balaban J connectivity index is 1.90. The second-order valence-electron chi connectivity index (χ2n) is 4.99. The molecule has 20 heavy (non-hydrogen) atoms. The lowest BCUT2D eigenvalue weighted by atomic mass is 9.99. The van der Waals surface area contributed by atoms with Crippen LogP contribution in [0.2, 0.25) is 5.02 Å². The fourth-order valence-corrected chi connectivity index (χ4v) is 2.83. The molecular formula is C16H16ClFN2. The van der Waals surface area contributed by atoms with Crippen LogP contribution in [-0.2, 0) is 6.54 Å². The molecule has 0 amide bonds. The zero-order chi connectivity index (χ0) is 13.9. The molecular weight excluding hydrogens is 275 g/mol. The molecule has 2 aromatic rings. The first-order valence-corrected chi connectivity index (χ1v) is 7.12. The van der Waals surface area contributed by atoms with Gasteiger partial charge in [-0.1, -0.05) is 35.9 Å². The first kappa shape index (κ1) is 13.4. The molecule has 0 saturated carbocycles. The van der Waals surface area contributed by atoms with Gasteiger partial charge in [0, 0.05) is 6.54 Å². The van der Waals surface area contributed by atoms with Crippen molar-refractivity contribution in [1.82, 2.24) is 5.32 Å². The van der Waals surface area contributed by atoms with E-state index in [9.17, 15) is 4.39 Å². The van der Waals surface area contributed by atoms with E-state index in [1.165, 1.54) is 23.3 Å². The molecule has 0 radical (unpaired) electrons. The van der Waals surface area contributed by atoms with Crippen molar-refractivity contribution in [2.24, 2.45) is 0 Å². The maximum Gasteiger partial charge on any atom is 0.124 e. The van der Waals surface area contributed by atoms with E-state index in [2.05, 4.69) is 22.8 Å². The highest BCUT2D eigenvalue weighted by Crippen LogP contribution is 2.31. The molecule has 0 saturated heterocycles. The molecule has 4 heteroatoms. The standard InChI is InChI=1S/C16H16ClFN2/c17-14-9-12(18)5-6-16(14)20-15-7-8-19-10-11-3-1-2-4-13(11)15/h1-6,9,15,19-20H,7-8,10H2. The summed E-state index contributed by atoms with van der Waals surface area (Å²) < 4.78 is 13.1. The summed E-state index contributed by atoms with van der Waals surface area (Å²) in [6, 6.07) is 13.0. The van der Waals surface area contributed by atoms with Gasteiger partial charge >= 0.3 is 0 Å². The van der Waals surface area contributed by atoms with E-state index in [1.54, 1.807) is 6.07 Å². The van der Waals surface area contributed by atoms with E-state index in [-0.39, 0.29) is 11.9 Å². The van der Waals surface area contributed by atoms with Gasteiger partial charge in [-0.05, 0) is 42.3 Å². The highest BCUT2D eigenvalue weighted by Gasteiger charge is 2.18. The zero-order valence-electron chi connectivity index (χ0n) is 11.0. The Labute approximate surface area is 123 Å². The number of halogens is 2. The highest BCUT2D eigenvalue weighted by atomic mass is 35.5. The molecule has 2 nitrogen and oxygen atoms in total. The Kier molecular flexibility index (Phi) is 3.90.